The molecule has 1 heterocycles. The maximum Gasteiger partial charge on any atom is 0.266 e. The Bertz CT molecular complexity index is 190. The Kier molecular flexibility index (Phi) is 3.24. The van der Waals surface area contributed by atoms with Gasteiger partial charge in [-0.2, -0.15) is 0 Å². The molecule has 0 aromatic rings. The van der Waals surface area contributed by atoms with Crippen molar-refractivity contribution in [3.63, 3.8) is 0 Å². The van der Waals surface area contributed by atoms with Gasteiger partial charge < -0.3 is 10.5 Å². The van der Waals surface area contributed by atoms with E-state index >= 15 is 0 Å². The van der Waals surface area contributed by atoms with Crippen LogP contribution in [0.15, 0.2) is 0 Å². The fourth-order valence-electron chi connectivity index (χ4n) is 1.35. The van der Waals surface area contributed by atoms with Gasteiger partial charge in [-0.25, -0.2) is 5.06 Å². The summed E-state index contributed by atoms with van der Waals surface area (Å²) >= 11 is 0. The molecule has 0 aromatic carbocycles. The highest BCUT2D eigenvalue weighted by Crippen LogP contribution is 2.19. The SMILES string of the molecule is CCN(O)C(=O)C1(N)CCOCC1. The van der Waals surface area contributed by atoms with Crippen molar-refractivity contribution >= 4 is 5.91 Å². The maximum atomic E-state index is 11.5. The molecule has 0 aliphatic carbocycles. The van der Waals surface area contributed by atoms with Crippen LogP contribution >= 0.6 is 0 Å². The third-order valence-electron chi connectivity index (χ3n) is 2.34. The third kappa shape index (κ3) is 2.18. The molecule has 3 N–H and O–H groups in total. The van der Waals surface area contributed by atoms with Gasteiger partial charge in [-0.3, -0.25) is 10.0 Å². The minimum absolute atomic E-state index is 0.263. The number of nitrogens with zero attached hydrogens (tertiary/aromatic N) is 1. The molecule has 1 rings (SSSR count). The van der Waals surface area contributed by atoms with Crippen LogP contribution in [-0.2, 0) is 9.53 Å². The summed E-state index contributed by atoms with van der Waals surface area (Å²) in [7, 11) is 0. The second-order valence-corrected chi connectivity index (χ2v) is 3.29. The molecule has 0 spiro atoms. The van der Waals surface area contributed by atoms with E-state index in [1.165, 1.54) is 0 Å². The van der Waals surface area contributed by atoms with Gasteiger partial charge in [-0.05, 0) is 19.8 Å². The Labute approximate surface area is 77.4 Å². The summed E-state index contributed by atoms with van der Waals surface area (Å²) in [6, 6.07) is 0. The quantitative estimate of drug-likeness (QED) is 0.462. The summed E-state index contributed by atoms with van der Waals surface area (Å²) in [4.78, 5) is 11.5. The lowest BCUT2D eigenvalue weighted by atomic mass is 9.90. The fraction of sp³-hybridized carbons (Fsp3) is 0.875. The molecule has 0 radical (unpaired) electrons. The summed E-state index contributed by atoms with van der Waals surface area (Å²) in [5, 5.41) is 9.88. The second kappa shape index (κ2) is 4.04. The number of amides is 1. The van der Waals surface area contributed by atoms with Gasteiger partial charge in [0.2, 0.25) is 0 Å². The minimum Gasteiger partial charge on any atom is -0.381 e. The van der Waals surface area contributed by atoms with Gasteiger partial charge in [0.15, 0.2) is 0 Å². The van der Waals surface area contributed by atoms with E-state index in [-0.39, 0.29) is 6.54 Å². The van der Waals surface area contributed by atoms with Crippen LogP contribution in [0.3, 0.4) is 0 Å². The molecule has 5 heteroatoms. The summed E-state index contributed by atoms with van der Waals surface area (Å²) in [5.41, 5.74) is 4.92. The summed E-state index contributed by atoms with van der Waals surface area (Å²) in [6.07, 6.45) is 0.950. The largest absolute Gasteiger partial charge is 0.381 e. The highest BCUT2D eigenvalue weighted by Gasteiger charge is 2.38. The third-order valence-corrected chi connectivity index (χ3v) is 2.34. The Morgan fingerprint density at radius 3 is 2.62 bits per heavy atom. The van der Waals surface area contributed by atoms with Gasteiger partial charge in [-0.15, -0.1) is 0 Å². The average Bonchev–Trinajstić information content (AvgIpc) is 2.16. The number of hydroxylamine groups is 2. The molecule has 0 saturated carbocycles. The number of hydrogen-bond acceptors (Lipinski definition) is 4. The highest BCUT2D eigenvalue weighted by atomic mass is 16.5. The zero-order chi connectivity index (χ0) is 9.90. The van der Waals surface area contributed by atoms with E-state index in [1.54, 1.807) is 6.92 Å². The molecule has 0 aromatic heterocycles. The lowest BCUT2D eigenvalue weighted by Crippen LogP contribution is -2.57. The fourth-order valence-corrected chi connectivity index (χ4v) is 1.35. The van der Waals surface area contributed by atoms with Crippen molar-refractivity contribution in [2.24, 2.45) is 5.73 Å². The van der Waals surface area contributed by atoms with Crippen molar-refractivity contribution in [2.45, 2.75) is 25.3 Å². The summed E-state index contributed by atoms with van der Waals surface area (Å²) in [5.74, 6) is -0.404. The van der Waals surface area contributed by atoms with Crippen LogP contribution in [0.5, 0.6) is 0 Å². The first-order valence-electron chi connectivity index (χ1n) is 4.47. The van der Waals surface area contributed by atoms with Crippen LogP contribution in [0, 0.1) is 0 Å². The molecule has 1 amide bonds. The monoisotopic (exact) mass is 188 g/mol. The maximum absolute atomic E-state index is 11.5. The number of ether oxygens (including phenoxy) is 1. The molecule has 5 nitrogen and oxygen atoms in total. The number of hydrogen-bond donors (Lipinski definition) is 2. The Morgan fingerprint density at radius 1 is 1.62 bits per heavy atom. The second-order valence-electron chi connectivity index (χ2n) is 3.29. The van der Waals surface area contributed by atoms with Gasteiger partial charge in [0, 0.05) is 19.8 Å². The van der Waals surface area contributed by atoms with E-state index in [2.05, 4.69) is 0 Å². The van der Waals surface area contributed by atoms with E-state index in [4.69, 9.17) is 10.5 Å². The predicted octanol–water partition coefficient (Wildman–Crippen LogP) is -0.268. The van der Waals surface area contributed by atoms with Crippen molar-refractivity contribution in [1.82, 2.24) is 5.06 Å². The normalized spacial score (nSPS) is 21.2. The summed E-state index contributed by atoms with van der Waals surface area (Å²) in [6.45, 7) is 2.93. The van der Waals surface area contributed by atoms with Crippen molar-refractivity contribution in [3.05, 3.63) is 0 Å². The molecule has 13 heavy (non-hydrogen) atoms. The van der Waals surface area contributed by atoms with Gasteiger partial charge >= 0.3 is 0 Å². The van der Waals surface area contributed by atoms with Crippen LogP contribution in [0.4, 0.5) is 0 Å². The topological polar surface area (TPSA) is 75.8 Å². The first-order valence-corrected chi connectivity index (χ1v) is 4.47. The number of rotatable bonds is 2. The zero-order valence-corrected chi connectivity index (χ0v) is 7.82. The number of likely N-dealkylation sites (N-methyl/N-ethyl adjacent to an activating group) is 1. The molecular formula is C8H16N2O3. The van der Waals surface area contributed by atoms with Gasteiger partial charge in [0.05, 0.1) is 0 Å². The molecule has 1 saturated heterocycles. The van der Waals surface area contributed by atoms with Crippen LogP contribution in [0.2, 0.25) is 0 Å². The Balaban J connectivity index is 2.61. The van der Waals surface area contributed by atoms with Crippen LogP contribution < -0.4 is 5.73 Å². The Morgan fingerprint density at radius 2 is 2.15 bits per heavy atom. The standard InChI is InChI=1S/C8H16N2O3/c1-2-10(12)7(11)8(9)3-5-13-6-4-8/h12H,2-6,9H2,1H3. The van der Waals surface area contributed by atoms with E-state index in [9.17, 15) is 10.0 Å². The molecule has 1 aliphatic rings. The number of nitrogens with two attached hydrogens (primary N) is 1. The van der Waals surface area contributed by atoms with Crippen LogP contribution in [0.1, 0.15) is 19.8 Å². The summed E-state index contributed by atoms with van der Waals surface area (Å²) < 4.78 is 5.10. The van der Waals surface area contributed by atoms with E-state index in [0.29, 0.717) is 31.1 Å². The smallest absolute Gasteiger partial charge is 0.266 e. The molecule has 0 atom stereocenters. The molecule has 76 valence electrons. The lowest BCUT2D eigenvalue weighted by molar-refractivity contribution is -0.174. The van der Waals surface area contributed by atoms with E-state index in [1.807, 2.05) is 0 Å². The van der Waals surface area contributed by atoms with Gasteiger partial charge in [0.1, 0.15) is 5.54 Å². The van der Waals surface area contributed by atoms with Crippen molar-refractivity contribution in [1.29, 1.82) is 0 Å². The predicted molar refractivity (Wildman–Crippen MR) is 46.1 cm³/mol. The van der Waals surface area contributed by atoms with Crippen molar-refractivity contribution in [2.75, 3.05) is 19.8 Å². The molecular weight excluding hydrogens is 172 g/mol. The first-order chi connectivity index (χ1) is 6.10. The molecule has 1 aliphatic heterocycles. The number of carbonyl (C=O) groups excluding carboxylic acids is 1. The Hall–Kier alpha value is -0.650. The zero-order valence-electron chi connectivity index (χ0n) is 7.82. The van der Waals surface area contributed by atoms with Gasteiger partial charge in [-0.1, -0.05) is 0 Å². The molecule has 0 bridgehead atoms. The molecule has 1 fully saturated rings. The van der Waals surface area contributed by atoms with Crippen LogP contribution in [0.25, 0.3) is 0 Å². The molecule has 0 unspecified atom stereocenters. The highest BCUT2D eigenvalue weighted by molar-refractivity contribution is 5.85. The first kappa shape index (κ1) is 10.4. The van der Waals surface area contributed by atoms with E-state index < -0.39 is 11.4 Å². The van der Waals surface area contributed by atoms with Crippen LogP contribution in [-0.4, -0.2) is 41.5 Å². The van der Waals surface area contributed by atoms with E-state index in [0.717, 1.165) is 0 Å². The van der Waals surface area contributed by atoms with Gasteiger partial charge in [0.25, 0.3) is 5.91 Å². The average molecular weight is 188 g/mol. The number of carbonyl (C=O) groups is 1. The lowest BCUT2D eigenvalue weighted by Gasteiger charge is -2.33. The van der Waals surface area contributed by atoms with Crippen molar-refractivity contribution < 1.29 is 14.7 Å². The van der Waals surface area contributed by atoms with Crippen molar-refractivity contribution in [3.8, 4) is 0 Å². The minimum atomic E-state index is -0.928.